The molecule has 15 heavy (non-hydrogen) atoms. The maximum Gasteiger partial charge on any atom is 0.0805 e. The maximum absolute atomic E-state index is 5.35. The molecular formula is C11H19N3O. The molecule has 1 heterocycles. The highest BCUT2D eigenvalue weighted by atomic mass is 16.6. The summed E-state index contributed by atoms with van der Waals surface area (Å²) in [6, 6.07) is 0.0671. The third-order valence-corrected chi connectivity index (χ3v) is 2.01. The number of nitrogens with zero attached hydrogens (tertiary/aromatic N) is 2. The van der Waals surface area contributed by atoms with E-state index in [0.29, 0.717) is 12.5 Å². The van der Waals surface area contributed by atoms with E-state index >= 15 is 0 Å². The normalized spacial score (nSPS) is 13.1. The van der Waals surface area contributed by atoms with Crippen LogP contribution in [0.1, 0.15) is 38.2 Å². The number of nitrogens with one attached hydrogen (secondary N) is 1. The third-order valence-electron chi connectivity index (χ3n) is 2.01. The SMILES string of the molecule is Cc1nccnc1C(C)NOCC(C)C. The highest BCUT2D eigenvalue weighted by Gasteiger charge is 2.10. The number of rotatable bonds is 5. The molecule has 0 aromatic carbocycles. The lowest BCUT2D eigenvalue weighted by Gasteiger charge is -2.15. The predicted molar refractivity (Wildman–Crippen MR) is 59.1 cm³/mol. The van der Waals surface area contributed by atoms with Crippen molar-refractivity contribution in [3.05, 3.63) is 23.8 Å². The van der Waals surface area contributed by atoms with E-state index in [2.05, 4.69) is 29.3 Å². The molecule has 4 nitrogen and oxygen atoms in total. The Morgan fingerprint density at radius 2 is 1.93 bits per heavy atom. The van der Waals surface area contributed by atoms with Gasteiger partial charge >= 0.3 is 0 Å². The highest BCUT2D eigenvalue weighted by Crippen LogP contribution is 2.11. The van der Waals surface area contributed by atoms with Crippen molar-refractivity contribution in [2.45, 2.75) is 33.7 Å². The summed E-state index contributed by atoms with van der Waals surface area (Å²) in [4.78, 5) is 13.8. The molecule has 0 aliphatic carbocycles. The van der Waals surface area contributed by atoms with Crippen LogP contribution in [0.3, 0.4) is 0 Å². The number of aromatic nitrogens is 2. The monoisotopic (exact) mass is 209 g/mol. The fraction of sp³-hybridized carbons (Fsp3) is 0.636. The fourth-order valence-corrected chi connectivity index (χ4v) is 1.24. The van der Waals surface area contributed by atoms with E-state index in [-0.39, 0.29) is 6.04 Å². The minimum Gasteiger partial charge on any atom is -0.301 e. The van der Waals surface area contributed by atoms with Crippen molar-refractivity contribution in [1.82, 2.24) is 15.4 Å². The van der Waals surface area contributed by atoms with Gasteiger partial charge in [-0.1, -0.05) is 13.8 Å². The van der Waals surface area contributed by atoms with Crippen LogP contribution in [-0.2, 0) is 4.84 Å². The van der Waals surface area contributed by atoms with E-state index in [9.17, 15) is 0 Å². The Morgan fingerprint density at radius 3 is 2.53 bits per heavy atom. The summed E-state index contributed by atoms with van der Waals surface area (Å²) in [5.41, 5.74) is 4.84. The number of hydrogen-bond donors (Lipinski definition) is 1. The van der Waals surface area contributed by atoms with Crippen LogP contribution in [0.15, 0.2) is 12.4 Å². The molecule has 0 amide bonds. The lowest BCUT2D eigenvalue weighted by atomic mass is 10.2. The van der Waals surface area contributed by atoms with Gasteiger partial charge in [0, 0.05) is 12.4 Å². The van der Waals surface area contributed by atoms with Gasteiger partial charge in [-0.15, -0.1) is 0 Å². The zero-order chi connectivity index (χ0) is 11.3. The van der Waals surface area contributed by atoms with Crippen LogP contribution in [-0.4, -0.2) is 16.6 Å². The van der Waals surface area contributed by atoms with Crippen LogP contribution in [0.25, 0.3) is 0 Å². The van der Waals surface area contributed by atoms with Gasteiger partial charge in [-0.2, -0.15) is 5.48 Å². The van der Waals surface area contributed by atoms with Crippen molar-refractivity contribution in [2.75, 3.05) is 6.61 Å². The second-order valence-corrected chi connectivity index (χ2v) is 4.07. The standard InChI is InChI=1S/C11H19N3O/c1-8(2)7-15-14-10(4)11-9(3)12-5-6-13-11/h5-6,8,10,14H,7H2,1-4H3. The van der Waals surface area contributed by atoms with Crippen molar-refractivity contribution in [3.8, 4) is 0 Å². The summed E-state index contributed by atoms with van der Waals surface area (Å²) in [6.45, 7) is 8.88. The molecule has 1 rings (SSSR count). The number of hydroxylamine groups is 1. The van der Waals surface area contributed by atoms with Gasteiger partial charge in [-0.05, 0) is 19.8 Å². The van der Waals surface area contributed by atoms with Gasteiger partial charge in [-0.25, -0.2) is 0 Å². The van der Waals surface area contributed by atoms with Gasteiger partial charge in [0.15, 0.2) is 0 Å². The zero-order valence-corrected chi connectivity index (χ0v) is 9.82. The summed E-state index contributed by atoms with van der Waals surface area (Å²) >= 11 is 0. The molecular weight excluding hydrogens is 190 g/mol. The van der Waals surface area contributed by atoms with E-state index in [1.54, 1.807) is 12.4 Å². The van der Waals surface area contributed by atoms with E-state index in [1.807, 2.05) is 13.8 Å². The molecule has 84 valence electrons. The van der Waals surface area contributed by atoms with Crippen LogP contribution in [0.5, 0.6) is 0 Å². The largest absolute Gasteiger partial charge is 0.301 e. The minimum absolute atomic E-state index is 0.0671. The van der Waals surface area contributed by atoms with Crippen LogP contribution in [0.4, 0.5) is 0 Å². The zero-order valence-electron chi connectivity index (χ0n) is 9.82. The average Bonchev–Trinajstić information content (AvgIpc) is 2.17. The van der Waals surface area contributed by atoms with E-state index in [4.69, 9.17) is 4.84 Å². The van der Waals surface area contributed by atoms with E-state index < -0.39 is 0 Å². The first-order valence-electron chi connectivity index (χ1n) is 5.26. The van der Waals surface area contributed by atoms with Gasteiger partial charge in [0.1, 0.15) is 0 Å². The number of hydrogen-bond acceptors (Lipinski definition) is 4. The highest BCUT2D eigenvalue weighted by molar-refractivity contribution is 5.11. The smallest absolute Gasteiger partial charge is 0.0805 e. The van der Waals surface area contributed by atoms with Gasteiger partial charge in [0.2, 0.25) is 0 Å². The first-order chi connectivity index (χ1) is 7.11. The molecule has 1 atom stereocenters. The average molecular weight is 209 g/mol. The molecule has 0 aliphatic rings. The topological polar surface area (TPSA) is 47.0 Å². The fourth-order valence-electron chi connectivity index (χ4n) is 1.24. The molecule has 0 aliphatic heterocycles. The van der Waals surface area contributed by atoms with Gasteiger partial charge in [0.25, 0.3) is 0 Å². The molecule has 4 heteroatoms. The quantitative estimate of drug-likeness (QED) is 0.754. The second kappa shape index (κ2) is 5.78. The summed E-state index contributed by atoms with van der Waals surface area (Å²) in [6.07, 6.45) is 3.39. The lowest BCUT2D eigenvalue weighted by molar-refractivity contribution is 0.00307. The Morgan fingerprint density at radius 1 is 1.27 bits per heavy atom. The van der Waals surface area contributed by atoms with E-state index in [1.165, 1.54) is 0 Å². The molecule has 1 aromatic heterocycles. The van der Waals surface area contributed by atoms with E-state index in [0.717, 1.165) is 11.4 Å². The Labute approximate surface area is 91.0 Å². The van der Waals surface area contributed by atoms with Crippen molar-refractivity contribution >= 4 is 0 Å². The molecule has 0 radical (unpaired) electrons. The Kier molecular flexibility index (Phi) is 4.65. The molecule has 0 bridgehead atoms. The van der Waals surface area contributed by atoms with Gasteiger partial charge in [-0.3, -0.25) is 9.97 Å². The number of aryl methyl sites for hydroxylation is 1. The Hall–Kier alpha value is -1.00. The molecule has 0 fully saturated rings. The van der Waals surface area contributed by atoms with Crippen molar-refractivity contribution in [1.29, 1.82) is 0 Å². The molecule has 0 saturated carbocycles. The molecule has 1 aromatic rings. The summed E-state index contributed by atoms with van der Waals surface area (Å²) < 4.78 is 0. The van der Waals surface area contributed by atoms with Crippen molar-refractivity contribution in [2.24, 2.45) is 5.92 Å². The second-order valence-electron chi connectivity index (χ2n) is 4.07. The van der Waals surface area contributed by atoms with Gasteiger partial charge in [0.05, 0.1) is 24.0 Å². The van der Waals surface area contributed by atoms with Crippen LogP contribution < -0.4 is 5.48 Å². The summed E-state index contributed by atoms with van der Waals surface area (Å²) in [5.74, 6) is 0.521. The molecule has 1 N–H and O–H groups in total. The van der Waals surface area contributed by atoms with Crippen LogP contribution >= 0.6 is 0 Å². The van der Waals surface area contributed by atoms with Crippen LogP contribution in [0.2, 0.25) is 0 Å². The van der Waals surface area contributed by atoms with Crippen LogP contribution in [0, 0.1) is 12.8 Å². The third kappa shape index (κ3) is 3.93. The van der Waals surface area contributed by atoms with Crippen molar-refractivity contribution < 1.29 is 4.84 Å². The minimum atomic E-state index is 0.0671. The maximum atomic E-state index is 5.35. The Balaban J connectivity index is 2.47. The molecule has 0 spiro atoms. The molecule has 1 unspecified atom stereocenters. The molecule has 0 saturated heterocycles. The first-order valence-corrected chi connectivity index (χ1v) is 5.26. The Bertz CT molecular complexity index is 302. The van der Waals surface area contributed by atoms with Gasteiger partial charge < -0.3 is 4.84 Å². The summed E-state index contributed by atoms with van der Waals surface area (Å²) in [5, 5.41) is 0. The first kappa shape index (κ1) is 12.1. The lowest BCUT2D eigenvalue weighted by Crippen LogP contribution is -2.23. The predicted octanol–water partition coefficient (Wildman–Crippen LogP) is 2.02. The summed E-state index contributed by atoms with van der Waals surface area (Å²) in [7, 11) is 0. The van der Waals surface area contributed by atoms with Crippen molar-refractivity contribution in [3.63, 3.8) is 0 Å².